The molecule has 9 heavy (non-hydrogen) atoms. The Kier molecular flexibility index (Phi) is 2.42. The first kappa shape index (κ1) is 8.68. The van der Waals surface area contributed by atoms with E-state index in [2.05, 4.69) is 11.6 Å². The first-order chi connectivity index (χ1) is 3.85. The Bertz CT molecular complexity index is 130. The smallest absolute Gasteiger partial charge is 0.197 e. The summed E-state index contributed by atoms with van der Waals surface area (Å²) in [5, 5.41) is -2.37. The maximum Gasteiger partial charge on any atom is 0.446 e. The van der Waals surface area contributed by atoms with E-state index in [4.69, 9.17) is 0 Å². The molecule has 0 rings (SSSR count). The van der Waals surface area contributed by atoms with Gasteiger partial charge in [-0.15, -0.1) is 0 Å². The highest BCUT2D eigenvalue weighted by Gasteiger charge is 2.37. The topological polar surface area (TPSA) is 0 Å². The number of hydrogen-bond donors (Lipinski definition) is 0. The van der Waals surface area contributed by atoms with Crippen LogP contribution in [0.25, 0.3) is 0 Å². The highest BCUT2D eigenvalue weighted by Crippen LogP contribution is 2.30. The number of hydrogen-bond acceptors (Lipinski definition) is 0. The van der Waals surface area contributed by atoms with E-state index in [0.717, 1.165) is 0 Å². The molecule has 0 heterocycles. The van der Waals surface area contributed by atoms with Crippen molar-refractivity contribution in [2.45, 2.75) is 6.18 Å². The molecule has 0 saturated heterocycles. The third kappa shape index (κ3) is 2.64. The van der Waals surface area contributed by atoms with Crippen LogP contribution >= 0.6 is 11.6 Å². The van der Waals surface area contributed by atoms with Crippen molar-refractivity contribution in [3.8, 4) is 0 Å². The Hall–Kier alpha value is -0.320. The lowest BCUT2D eigenvalue weighted by Crippen LogP contribution is -2.08. The molecule has 0 aliphatic heterocycles. The lowest BCUT2D eigenvalue weighted by atomic mass is 10.6. The summed E-state index contributed by atoms with van der Waals surface area (Å²) in [6, 6.07) is 0. The second-order valence-corrected chi connectivity index (χ2v) is 1.40. The van der Waals surface area contributed by atoms with Crippen LogP contribution in [-0.2, 0) is 0 Å². The van der Waals surface area contributed by atoms with Gasteiger partial charge in [-0.2, -0.15) is 22.0 Å². The van der Waals surface area contributed by atoms with E-state index in [9.17, 15) is 22.0 Å². The van der Waals surface area contributed by atoms with E-state index >= 15 is 0 Å². The fourth-order valence-corrected chi connectivity index (χ4v) is 0.214. The number of allylic oxidation sites excluding steroid dienone is 1. The van der Waals surface area contributed by atoms with Gasteiger partial charge in [-0.25, -0.2) is 0 Å². The summed E-state index contributed by atoms with van der Waals surface area (Å²) in [5.74, 6) is -2.90. The van der Waals surface area contributed by atoms with Gasteiger partial charge in [-0.05, 0) is 11.6 Å². The number of halogens is 6. The zero-order valence-electron chi connectivity index (χ0n) is 3.77. The van der Waals surface area contributed by atoms with Crippen molar-refractivity contribution >= 4 is 11.6 Å². The van der Waals surface area contributed by atoms with Gasteiger partial charge in [0.05, 0.1) is 0 Å². The summed E-state index contributed by atoms with van der Waals surface area (Å²) in [4.78, 5) is 0. The maximum atomic E-state index is 11.3. The molecule has 0 unspecified atom stereocenters. The van der Waals surface area contributed by atoms with Crippen LogP contribution in [0.3, 0.4) is 0 Å². The molecule has 54 valence electrons. The summed E-state index contributed by atoms with van der Waals surface area (Å²) in [5.41, 5.74) is 0. The molecule has 0 spiro atoms. The molecule has 6 heteroatoms. The van der Waals surface area contributed by atoms with Crippen molar-refractivity contribution < 1.29 is 22.0 Å². The molecular weight excluding hydrogens is 166 g/mol. The minimum Gasteiger partial charge on any atom is -0.197 e. The number of rotatable bonds is 0. The minimum atomic E-state index is -5.31. The fourth-order valence-electron chi connectivity index (χ4n) is 0.107. The lowest BCUT2D eigenvalue weighted by Gasteiger charge is -1.99. The van der Waals surface area contributed by atoms with Gasteiger partial charge in [-0.3, -0.25) is 0 Å². The molecule has 0 nitrogen and oxygen atoms in total. The van der Waals surface area contributed by atoms with Crippen molar-refractivity contribution in [3.05, 3.63) is 11.1 Å². The van der Waals surface area contributed by atoms with Crippen molar-refractivity contribution in [2.75, 3.05) is 0 Å². The Morgan fingerprint density at radius 3 is 1.44 bits per heavy atom. The number of alkyl halides is 3. The quantitative estimate of drug-likeness (QED) is 0.486. The summed E-state index contributed by atoms with van der Waals surface area (Å²) >= 11 is 4.03. The fraction of sp³-hybridized carbons (Fsp3) is 0.333. The van der Waals surface area contributed by atoms with Gasteiger partial charge in [0.15, 0.2) is 0 Å². The molecule has 0 aromatic rings. The Balaban J connectivity index is 4.40. The van der Waals surface area contributed by atoms with Crippen LogP contribution in [0.15, 0.2) is 11.1 Å². The first-order valence-corrected chi connectivity index (χ1v) is 2.01. The zero-order valence-corrected chi connectivity index (χ0v) is 4.52. The van der Waals surface area contributed by atoms with Crippen molar-refractivity contribution in [1.82, 2.24) is 0 Å². The van der Waals surface area contributed by atoms with Gasteiger partial charge < -0.3 is 0 Å². The second-order valence-electron chi connectivity index (χ2n) is 1.07. The van der Waals surface area contributed by atoms with Crippen LogP contribution in [0, 0.1) is 0 Å². The van der Waals surface area contributed by atoms with Crippen molar-refractivity contribution in [3.63, 3.8) is 0 Å². The molecule has 0 aromatic carbocycles. The summed E-state index contributed by atoms with van der Waals surface area (Å²) in [7, 11) is 0. The van der Waals surface area contributed by atoms with Gasteiger partial charge in [0.2, 0.25) is 5.29 Å². The molecule has 0 fully saturated rings. The van der Waals surface area contributed by atoms with Crippen molar-refractivity contribution in [1.29, 1.82) is 0 Å². The van der Waals surface area contributed by atoms with Crippen LogP contribution in [0.4, 0.5) is 22.0 Å². The predicted molar refractivity (Wildman–Crippen MR) is 21.2 cm³/mol. The zero-order chi connectivity index (χ0) is 7.65. The van der Waals surface area contributed by atoms with Crippen LogP contribution < -0.4 is 0 Å². The summed E-state index contributed by atoms with van der Waals surface area (Å²) < 4.78 is 55.2. The Labute approximate surface area is 51.9 Å². The van der Waals surface area contributed by atoms with E-state index in [0.29, 0.717) is 0 Å². The SMILES string of the molecule is FC(Cl)=C(F)C(F)(F)F. The van der Waals surface area contributed by atoms with Gasteiger partial charge >= 0.3 is 6.18 Å². The van der Waals surface area contributed by atoms with E-state index in [1.54, 1.807) is 0 Å². The van der Waals surface area contributed by atoms with Crippen LogP contribution in [-0.4, -0.2) is 6.18 Å². The second kappa shape index (κ2) is 2.51. The van der Waals surface area contributed by atoms with Crippen LogP contribution in [0.2, 0.25) is 0 Å². The van der Waals surface area contributed by atoms with Gasteiger partial charge in [0, 0.05) is 0 Å². The normalized spacial score (nSPS) is 15.3. The monoisotopic (exact) mass is 166 g/mol. The predicted octanol–water partition coefficient (Wildman–Crippen LogP) is 2.90. The first-order valence-electron chi connectivity index (χ1n) is 1.63. The Morgan fingerprint density at radius 1 is 1.11 bits per heavy atom. The molecule has 0 radical (unpaired) electrons. The molecule has 0 saturated carbocycles. The molecule has 0 aliphatic rings. The minimum absolute atomic E-state index is 2.37. The van der Waals surface area contributed by atoms with Gasteiger partial charge in [0.1, 0.15) is 0 Å². The molecule has 0 N–H and O–H groups in total. The summed E-state index contributed by atoms with van der Waals surface area (Å²) in [6.45, 7) is 0. The molecule has 0 amide bonds. The van der Waals surface area contributed by atoms with Crippen LogP contribution in [0.5, 0.6) is 0 Å². The van der Waals surface area contributed by atoms with E-state index in [1.807, 2.05) is 0 Å². The molecule has 0 aliphatic carbocycles. The summed E-state index contributed by atoms with van der Waals surface area (Å²) in [6.07, 6.45) is -5.31. The molecular formula is C3ClF5. The standard InChI is InChI=1S/C3ClF5/c4-2(6)1(5)3(7,8)9. The van der Waals surface area contributed by atoms with Gasteiger partial charge in [-0.1, -0.05) is 0 Å². The van der Waals surface area contributed by atoms with Crippen LogP contribution in [0.1, 0.15) is 0 Å². The third-order valence-electron chi connectivity index (χ3n) is 0.415. The van der Waals surface area contributed by atoms with Crippen molar-refractivity contribution in [2.24, 2.45) is 0 Å². The Morgan fingerprint density at radius 2 is 1.44 bits per heavy atom. The van der Waals surface area contributed by atoms with E-state index in [-0.39, 0.29) is 0 Å². The largest absolute Gasteiger partial charge is 0.446 e. The average Bonchev–Trinajstić information content (AvgIpc) is 1.62. The van der Waals surface area contributed by atoms with E-state index in [1.165, 1.54) is 0 Å². The molecule has 0 bridgehead atoms. The third-order valence-corrected chi connectivity index (χ3v) is 0.581. The van der Waals surface area contributed by atoms with E-state index < -0.39 is 17.3 Å². The van der Waals surface area contributed by atoms with Gasteiger partial charge in [0.25, 0.3) is 5.83 Å². The lowest BCUT2D eigenvalue weighted by molar-refractivity contribution is -0.110. The average molecular weight is 166 g/mol. The molecule has 0 aromatic heterocycles. The highest BCUT2D eigenvalue weighted by atomic mass is 35.5. The molecule has 0 atom stereocenters. The highest BCUT2D eigenvalue weighted by molar-refractivity contribution is 6.28. The maximum absolute atomic E-state index is 11.3.